The number of carbonyl (C=O) groups excluding carboxylic acids is 1. The molecule has 0 aliphatic rings. The number of carbonyl (C=O) groups is 1. The third-order valence-electron chi connectivity index (χ3n) is 4.07. The Morgan fingerprint density at radius 2 is 1.84 bits per heavy atom. The first-order chi connectivity index (χ1) is 12.2. The zero-order chi connectivity index (χ0) is 17.2. The van der Waals surface area contributed by atoms with E-state index in [1.165, 1.54) is 6.33 Å². The molecule has 0 unspecified atom stereocenters. The largest absolute Gasteiger partial charge is 0.322 e. The summed E-state index contributed by atoms with van der Waals surface area (Å²) in [5.74, 6) is -0.155. The fourth-order valence-corrected chi connectivity index (χ4v) is 2.74. The van der Waals surface area contributed by atoms with Crippen LogP contribution in [0.3, 0.4) is 0 Å². The Bertz CT molecular complexity index is 1060. The van der Waals surface area contributed by atoms with Crippen molar-refractivity contribution < 1.29 is 4.79 Å². The van der Waals surface area contributed by atoms with Gasteiger partial charge in [-0.1, -0.05) is 36.4 Å². The van der Waals surface area contributed by atoms with Crippen molar-refractivity contribution >= 4 is 22.4 Å². The summed E-state index contributed by atoms with van der Waals surface area (Å²) < 4.78 is 1.57. The van der Waals surface area contributed by atoms with Gasteiger partial charge in [-0.2, -0.15) is 0 Å². The Morgan fingerprint density at radius 3 is 2.64 bits per heavy atom. The Labute approximate surface area is 144 Å². The zero-order valence-corrected chi connectivity index (χ0v) is 13.5. The molecule has 4 aromatic rings. The monoisotopic (exact) mass is 329 g/mol. The van der Waals surface area contributed by atoms with Crippen LogP contribution in [0, 0.1) is 6.92 Å². The van der Waals surface area contributed by atoms with E-state index in [1.807, 2.05) is 67.6 Å². The molecular weight excluding hydrogens is 314 g/mol. The molecular formula is C19H15N5O. The van der Waals surface area contributed by atoms with E-state index in [4.69, 9.17) is 0 Å². The van der Waals surface area contributed by atoms with Gasteiger partial charge in [0.1, 0.15) is 6.33 Å². The molecule has 0 radical (unpaired) electrons. The van der Waals surface area contributed by atoms with E-state index >= 15 is 0 Å². The summed E-state index contributed by atoms with van der Waals surface area (Å²) in [6, 6.07) is 19.3. The lowest BCUT2D eigenvalue weighted by Gasteiger charge is -2.10. The molecule has 0 saturated carbocycles. The fourth-order valence-electron chi connectivity index (χ4n) is 2.74. The average Bonchev–Trinajstić information content (AvgIpc) is 3.17. The van der Waals surface area contributed by atoms with Crippen molar-refractivity contribution in [2.45, 2.75) is 6.92 Å². The maximum absolute atomic E-state index is 12.6. The first kappa shape index (κ1) is 15.0. The molecule has 6 nitrogen and oxygen atoms in total. The number of nitrogens with zero attached hydrogens (tertiary/aromatic N) is 4. The SMILES string of the molecule is Cc1ccc(NC(=O)c2ccc3ccccc3c2)cc1-n1cnnn1. The van der Waals surface area contributed by atoms with Gasteiger partial charge in [0.25, 0.3) is 5.91 Å². The second kappa shape index (κ2) is 6.16. The smallest absolute Gasteiger partial charge is 0.255 e. The maximum Gasteiger partial charge on any atom is 0.255 e. The Balaban J connectivity index is 1.63. The van der Waals surface area contributed by atoms with Gasteiger partial charge in [0.15, 0.2) is 0 Å². The standard InChI is InChI=1S/C19H15N5O/c1-13-6-9-17(11-18(13)24-12-20-22-23-24)21-19(25)16-8-7-14-4-2-3-5-15(14)10-16/h2-12H,1H3,(H,21,25). The lowest BCUT2D eigenvalue weighted by Crippen LogP contribution is -2.12. The normalized spacial score (nSPS) is 10.8. The van der Waals surface area contributed by atoms with Crippen LogP contribution in [0.4, 0.5) is 5.69 Å². The number of rotatable bonds is 3. The van der Waals surface area contributed by atoms with Crippen LogP contribution in [0.1, 0.15) is 15.9 Å². The van der Waals surface area contributed by atoms with Crippen LogP contribution >= 0.6 is 0 Å². The van der Waals surface area contributed by atoms with Crippen LogP contribution in [0.25, 0.3) is 16.5 Å². The van der Waals surface area contributed by atoms with Gasteiger partial charge in [-0.3, -0.25) is 4.79 Å². The van der Waals surface area contributed by atoms with Gasteiger partial charge in [-0.15, -0.1) is 5.10 Å². The number of tetrazole rings is 1. The number of hydrogen-bond acceptors (Lipinski definition) is 4. The van der Waals surface area contributed by atoms with Gasteiger partial charge in [0.05, 0.1) is 5.69 Å². The number of nitrogens with one attached hydrogen (secondary N) is 1. The van der Waals surface area contributed by atoms with Crippen LogP contribution < -0.4 is 5.32 Å². The molecule has 25 heavy (non-hydrogen) atoms. The van der Waals surface area contributed by atoms with E-state index < -0.39 is 0 Å². The van der Waals surface area contributed by atoms with Gasteiger partial charge in [-0.25, -0.2) is 4.68 Å². The average molecular weight is 329 g/mol. The van der Waals surface area contributed by atoms with Crippen LogP contribution in [0.5, 0.6) is 0 Å². The predicted octanol–water partition coefficient (Wildman–Crippen LogP) is 3.38. The van der Waals surface area contributed by atoms with Crippen LogP contribution in [-0.2, 0) is 0 Å². The van der Waals surface area contributed by atoms with Crippen molar-refractivity contribution in [1.82, 2.24) is 20.2 Å². The van der Waals surface area contributed by atoms with Gasteiger partial charge in [-0.05, 0) is 58.0 Å². The van der Waals surface area contributed by atoms with Crippen LogP contribution in [0.2, 0.25) is 0 Å². The summed E-state index contributed by atoms with van der Waals surface area (Å²) in [4.78, 5) is 12.6. The van der Waals surface area contributed by atoms with Crippen molar-refractivity contribution in [2.75, 3.05) is 5.32 Å². The highest BCUT2D eigenvalue weighted by Crippen LogP contribution is 2.20. The summed E-state index contributed by atoms with van der Waals surface area (Å²) in [5, 5.41) is 16.3. The summed E-state index contributed by atoms with van der Waals surface area (Å²) in [7, 11) is 0. The predicted molar refractivity (Wildman–Crippen MR) is 95.8 cm³/mol. The van der Waals surface area contributed by atoms with Gasteiger partial charge in [0, 0.05) is 11.3 Å². The first-order valence-electron chi connectivity index (χ1n) is 7.85. The van der Waals surface area contributed by atoms with Gasteiger partial charge >= 0.3 is 0 Å². The molecule has 6 heteroatoms. The molecule has 0 aliphatic carbocycles. The van der Waals surface area contributed by atoms with Crippen LogP contribution in [0.15, 0.2) is 67.0 Å². The summed E-state index contributed by atoms with van der Waals surface area (Å²) in [6.45, 7) is 1.96. The van der Waals surface area contributed by atoms with E-state index in [9.17, 15) is 4.79 Å². The molecule has 0 spiro atoms. The Morgan fingerprint density at radius 1 is 1.00 bits per heavy atom. The second-order valence-corrected chi connectivity index (χ2v) is 5.77. The van der Waals surface area contributed by atoms with E-state index in [1.54, 1.807) is 4.68 Å². The van der Waals surface area contributed by atoms with E-state index in [2.05, 4.69) is 20.8 Å². The number of hydrogen-bond donors (Lipinski definition) is 1. The molecule has 1 aromatic heterocycles. The molecule has 1 N–H and O–H groups in total. The molecule has 4 rings (SSSR count). The molecule has 0 bridgehead atoms. The number of fused-ring (bicyclic) bond motifs is 1. The highest BCUT2D eigenvalue weighted by molar-refractivity contribution is 6.06. The molecule has 1 amide bonds. The van der Waals surface area contributed by atoms with Gasteiger partial charge in [0.2, 0.25) is 0 Å². The maximum atomic E-state index is 12.6. The highest BCUT2D eigenvalue weighted by atomic mass is 16.1. The van der Waals surface area contributed by atoms with E-state index in [0.29, 0.717) is 11.3 Å². The first-order valence-corrected chi connectivity index (χ1v) is 7.85. The molecule has 1 heterocycles. The number of amides is 1. The van der Waals surface area contributed by atoms with Crippen molar-refractivity contribution in [1.29, 1.82) is 0 Å². The van der Waals surface area contributed by atoms with Crippen LogP contribution in [-0.4, -0.2) is 26.1 Å². The minimum atomic E-state index is -0.155. The lowest BCUT2D eigenvalue weighted by atomic mass is 10.1. The topological polar surface area (TPSA) is 72.7 Å². The number of anilines is 1. The quantitative estimate of drug-likeness (QED) is 0.625. The molecule has 0 fully saturated rings. The van der Waals surface area contributed by atoms with Crippen molar-refractivity contribution in [2.24, 2.45) is 0 Å². The minimum Gasteiger partial charge on any atom is -0.322 e. The summed E-state index contributed by atoms with van der Waals surface area (Å²) in [5.41, 5.74) is 3.13. The Hall–Kier alpha value is -3.54. The highest BCUT2D eigenvalue weighted by Gasteiger charge is 2.09. The third-order valence-corrected chi connectivity index (χ3v) is 4.07. The molecule has 0 aliphatic heterocycles. The number of aromatic nitrogens is 4. The molecule has 122 valence electrons. The fraction of sp³-hybridized carbons (Fsp3) is 0.0526. The Kier molecular flexibility index (Phi) is 3.70. The molecule has 3 aromatic carbocycles. The van der Waals surface area contributed by atoms with E-state index in [-0.39, 0.29) is 5.91 Å². The molecule has 0 atom stereocenters. The minimum absolute atomic E-state index is 0.155. The second-order valence-electron chi connectivity index (χ2n) is 5.77. The van der Waals surface area contributed by atoms with Gasteiger partial charge < -0.3 is 5.32 Å². The van der Waals surface area contributed by atoms with Crippen molar-refractivity contribution in [3.8, 4) is 5.69 Å². The van der Waals surface area contributed by atoms with E-state index in [0.717, 1.165) is 22.0 Å². The lowest BCUT2D eigenvalue weighted by molar-refractivity contribution is 0.102. The zero-order valence-electron chi connectivity index (χ0n) is 13.5. The third kappa shape index (κ3) is 2.97. The summed E-state index contributed by atoms with van der Waals surface area (Å²) >= 11 is 0. The molecule has 0 saturated heterocycles. The summed E-state index contributed by atoms with van der Waals surface area (Å²) in [6.07, 6.45) is 1.53. The van der Waals surface area contributed by atoms with Crippen molar-refractivity contribution in [3.63, 3.8) is 0 Å². The van der Waals surface area contributed by atoms with Crippen molar-refractivity contribution in [3.05, 3.63) is 78.1 Å². The number of aryl methyl sites for hydroxylation is 1. The number of benzene rings is 3.